The molecule has 2 aromatic carbocycles. The number of hydrogen-bond donors (Lipinski definition) is 2. The van der Waals surface area contributed by atoms with Crippen molar-refractivity contribution in [3.63, 3.8) is 0 Å². The molecule has 242 valence electrons. The van der Waals surface area contributed by atoms with Crippen LogP contribution in [0.1, 0.15) is 105 Å². The second-order valence-corrected chi connectivity index (χ2v) is 12.5. The lowest BCUT2D eigenvalue weighted by Crippen LogP contribution is -2.15. The van der Waals surface area contributed by atoms with Crippen molar-refractivity contribution in [1.82, 2.24) is 0 Å². The summed E-state index contributed by atoms with van der Waals surface area (Å²) in [7, 11) is 1.69. The van der Waals surface area contributed by atoms with E-state index in [0.29, 0.717) is 17.2 Å². The fourth-order valence-electron chi connectivity index (χ4n) is 6.11. The third-order valence-electron chi connectivity index (χ3n) is 8.85. The molecule has 6 heteroatoms. The Kier molecular flexibility index (Phi) is 13.4. The summed E-state index contributed by atoms with van der Waals surface area (Å²) in [5.41, 5.74) is 10.4. The average Bonchev–Trinajstić information content (AvgIpc) is 3.33. The number of nitrogens with one attached hydrogen (secondary N) is 1. The fourth-order valence-corrected chi connectivity index (χ4v) is 6.11. The van der Waals surface area contributed by atoms with Crippen LogP contribution in [0.3, 0.4) is 0 Å². The van der Waals surface area contributed by atoms with Gasteiger partial charge in [0.1, 0.15) is 11.5 Å². The molecule has 0 saturated carbocycles. The Morgan fingerprint density at radius 3 is 2.42 bits per heavy atom. The molecule has 3 rings (SSSR count). The van der Waals surface area contributed by atoms with Crippen LogP contribution in [0, 0.1) is 12.8 Å². The smallest absolute Gasteiger partial charge is 0.256 e. The number of hydrazone groups is 1. The van der Waals surface area contributed by atoms with E-state index >= 15 is 0 Å². The van der Waals surface area contributed by atoms with Gasteiger partial charge in [0.2, 0.25) is 0 Å². The standard InChI is InChI=1S/C39H54N4O2/c1-10-14-29(28(8)37(25(4)5)35(43-40)24-41-31(15-11-2)20-18-26(6)12-3)22-33-32-23-30(19-21-34(32)42-39(33)44)38-27(7)16-13-17-36(38)45-9/h13,16-17,19,21-24,26,31H,10-12,14-15,18,20,40H2,1-9H3,(H,42,44)/b29-28+,33-22-,41-24?,43-35+. The third kappa shape index (κ3) is 8.84. The van der Waals surface area contributed by atoms with E-state index in [1.54, 1.807) is 7.11 Å². The minimum absolute atomic E-state index is 0.1000. The number of anilines is 1. The van der Waals surface area contributed by atoms with Crippen LogP contribution in [0.25, 0.3) is 16.7 Å². The first-order valence-electron chi connectivity index (χ1n) is 16.6. The molecule has 2 aromatic rings. The van der Waals surface area contributed by atoms with Gasteiger partial charge in [-0.05, 0) is 106 Å². The number of rotatable bonds is 15. The van der Waals surface area contributed by atoms with Gasteiger partial charge in [-0.25, -0.2) is 0 Å². The number of methoxy groups -OCH3 is 1. The number of ether oxygens (including phenoxy) is 1. The molecule has 45 heavy (non-hydrogen) atoms. The summed E-state index contributed by atoms with van der Waals surface area (Å²) < 4.78 is 5.69. The summed E-state index contributed by atoms with van der Waals surface area (Å²) in [5.74, 6) is 7.44. The van der Waals surface area contributed by atoms with E-state index in [0.717, 1.165) is 94.5 Å². The predicted molar refractivity (Wildman–Crippen MR) is 193 cm³/mol. The molecule has 6 nitrogen and oxygen atoms in total. The van der Waals surface area contributed by atoms with Crippen LogP contribution in [0.4, 0.5) is 5.69 Å². The van der Waals surface area contributed by atoms with Gasteiger partial charge in [-0.3, -0.25) is 9.79 Å². The topological polar surface area (TPSA) is 89.1 Å². The van der Waals surface area contributed by atoms with Gasteiger partial charge in [0.15, 0.2) is 0 Å². The number of carbonyl (C=O) groups is 1. The molecule has 1 heterocycles. The van der Waals surface area contributed by atoms with E-state index in [9.17, 15) is 4.79 Å². The Labute approximate surface area is 271 Å². The largest absolute Gasteiger partial charge is 0.496 e. The summed E-state index contributed by atoms with van der Waals surface area (Å²) >= 11 is 0. The summed E-state index contributed by atoms with van der Waals surface area (Å²) in [5, 5.41) is 7.31. The molecule has 0 bridgehead atoms. The Morgan fingerprint density at radius 1 is 1.04 bits per heavy atom. The predicted octanol–water partition coefficient (Wildman–Crippen LogP) is 9.84. The van der Waals surface area contributed by atoms with Crippen LogP contribution in [-0.2, 0) is 4.79 Å². The quantitative estimate of drug-likeness (QED) is 0.0691. The van der Waals surface area contributed by atoms with Crippen molar-refractivity contribution in [3.8, 4) is 16.9 Å². The van der Waals surface area contributed by atoms with E-state index in [2.05, 4.69) is 84.0 Å². The lowest BCUT2D eigenvalue weighted by molar-refractivity contribution is -0.110. The van der Waals surface area contributed by atoms with Crippen molar-refractivity contribution in [2.24, 2.45) is 21.9 Å². The molecule has 3 N–H and O–H groups in total. The van der Waals surface area contributed by atoms with Crippen molar-refractivity contribution < 1.29 is 9.53 Å². The van der Waals surface area contributed by atoms with E-state index in [1.165, 1.54) is 6.42 Å². The minimum atomic E-state index is -0.1000. The summed E-state index contributed by atoms with van der Waals surface area (Å²) in [6, 6.07) is 12.4. The number of nitrogens with zero attached hydrogens (tertiary/aromatic N) is 2. The molecule has 1 amide bonds. The molecule has 1 aliphatic heterocycles. The van der Waals surface area contributed by atoms with Crippen molar-refractivity contribution in [3.05, 3.63) is 75.9 Å². The molecule has 0 aliphatic carbocycles. The van der Waals surface area contributed by atoms with Crippen molar-refractivity contribution in [1.29, 1.82) is 0 Å². The lowest BCUT2D eigenvalue weighted by atomic mass is 9.90. The van der Waals surface area contributed by atoms with Gasteiger partial charge >= 0.3 is 0 Å². The SMILES string of the molecule is CCCC(/C=C1\C(=O)Nc2ccc(-c3c(C)cccc3OC)cc21)=C(/C)C(=C(C)C)/C(C=NC(CCC)CCC(C)CC)=N/N. The Hall–Kier alpha value is -3.93. The molecule has 0 fully saturated rings. The monoisotopic (exact) mass is 610 g/mol. The van der Waals surface area contributed by atoms with Crippen molar-refractivity contribution in [2.45, 2.75) is 106 Å². The van der Waals surface area contributed by atoms with Crippen LogP contribution < -0.4 is 15.9 Å². The third-order valence-corrected chi connectivity index (χ3v) is 8.85. The Morgan fingerprint density at radius 2 is 1.80 bits per heavy atom. The molecule has 2 unspecified atom stereocenters. The highest BCUT2D eigenvalue weighted by Gasteiger charge is 2.26. The molecule has 2 atom stereocenters. The zero-order valence-electron chi connectivity index (χ0n) is 29.0. The van der Waals surface area contributed by atoms with E-state index < -0.39 is 0 Å². The number of aliphatic imine (C=N–C) groups is 1. The summed E-state index contributed by atoms with van der Waals surface area (Å²) in [6.07, 6.45) is 11.2. The Bertz CT molecular complexity index is 1500. The van der Waals surface area contributed by atoms with E-state index in [1.807, 2.05) is 30.5 Å². The molecule has 0 radical (unpaired) electrons. The zero-order valence-corrected chi connectivity index (χ0v) is 29.0. The lowest BCUT2D eigenvalue weighted by Gasteiger charge is -2.17. The normalized spacial score (nSPS) is 16.0. The molecule has 0 aromatic heterocycles. The maximum Gasteiger partial charge on any atom is 0.256 e. The maximum atomic E-state index is 13.4. The van der Waals surface area contributed by atoms with E-state index in [-0.39, 0.29) is 11.9 Å². The molecule has 0 saturated heterocycles. The average molecular weight is 611 g/mol. The Balaban J connectivity index is 2.08. The second-order valence-electron chi connectivity index (χ2n) is 12.5. The number of hydrogen-bond acceptors (Lipinski definition) is 5. The first-order chi connectivity index (χ1) is 21.6. The molecular formula is C39H54N4O2. The first-order valence-corrected chi connectivity index (χ1v) is 16.6. The van der Waals surface area contributed by atoms with E-state index in [4.69, 9.17) is 15.6 Å². The minimum Gasteiger partial charge on any atom is -0.496 e. The number of amides is 1. The summed E-state index contributed by atoms with van der Waals surface area (Å²) in [4.78, 5) is 18.4. The van der Waals surface area contributed by atoms with Crippen LogP contribution in [0.5, 0.6) is 5.75 Å². The second kappa shape index (κ2) is 17.0. The van der Waals surface area contributed by atoms with Gasteiger partial charge in [-0.2, -0.15) is 5.10 Å². The van der Waals surface area contributed by atoms with Gasteiger partial charge in [0.25, 0.3) is 5.91 Å². The van der Waals surface area contributed by atoms with Gasteiger partial charge in [-0.1, -0.05) is 70.7 Å². The van der Waals surface area contributed by atoms with Gasteiger partial charge < -0.3 is 15.9 Å². The van der Waals surface area contributed by atoms with Crippen LogP contribution in [0.15, 0.2) is 74.9 Å². The fraction of sp³-hybridized carbons (Fsp3) is 0.462. The number of allylic oxidation sites excluding steroid dienone is 5. The zero-order chi connectivity index (χ0) is 33.1. The van der Waals surface area contributed by atoms with Crippen LogP contribution in [-0.4, -0.2) is 31.0 Å². The number of aryl methyl sites for hydroxylation is 1. The highest BCUT2D eigenvalue weighted by atomic mass is 16.5. The summed E-state index contributed by atoms with van der Waals surface area (Å²) in [6.45, 7) is 17.3. The van der Waals surface area contributed by atoms with Crippen molar-refractivity contribution in [2.75, 3.05) is 12.4 Å². The number of fused-ring (bicyclic) bond motifs is 1. The maximum absolute atomic E-state index is 13.4. The number of nitrogens with two attached hydrogens (primary N) is 1. The van der Waals surface area contributed by atoms with Crippen LogP contribution >= 0.6 is 0 Å². The van der Waals surface area contributed by atoms with Gasteiger partial charge in [0, 0.05) is 34.2 Å². The van der Waals surface area contributed by atoms with Crippen LogP contribution in [0.2, 0.25) is 0 Å². The molecule has 1 aliphatic rings. The molecular weight excluding hydrogens is 556 g/mol. The highest BCUT2D eigenvalue weighted by molar-refractivity contribution is 6.39. The van der Waals surface area contributed by atoms with Crippen molar-refractivity contribution >= 4 is 29.1 Å². The molecule has 0 spiro atoms. The first kappa shape index (κ1) is 35.5. The van der Waals surface area contributed by atoms with Gasteiger partial charge in [0.05, 0.1) is 13.2 Å². The number of carbonyl (C=O) groups excluding carboxylic acids is 1. The van der Waals surface area contributed by atoms with Gasteiger partial charge in [-0.15, -0.1) is 0 Å². The number of benzene rings is 2. The highest BCUT2D eigenvalue weighted by Crippen LogP contribution is 2.40.